The molecule has 2 rings (SSSR count). The highest BCUT2D eigenvalue weighted by molar-refractivity contribution is 6.31. The molecule has 17 heavy (non-hydrogen) atoms. The van der Waals surface area contributed by atoms with Crippen molar-refractivity contribution in [2.24, 2.45) is 5.73 Å². The van der Waals surface area contributed by atoms with Crippen LogP contribution in [0.15, 0.2) is 35.3 Å². The monoisotopic (exact) mass is 250 g/mol. The number of aryl methyl sites for hydroxylation is 1. The first-order valence-corrected chi connectivity index (χ1v) is 6.09. The summed E-state index contributed by atoms with van der Waals surface area (Å²) in [5, 5.41) is 2.25. The van der Waals surface area contributed by atoms with Gasteiger partial charge in [0.15, 0.2) is 0 Å². The normalized spacial score (nSPS) is 10.9. The molecule has 3 nitrogen and oxygen atoms in total. The van der Waals surface area contributed by atoms with E-state index in [1.807, 2.05) is 18.3 Å². The van der Waals surface area contributed by atoms with Crippen molar-refractivity contribution in [1.82, 2.24) is 4.57 Å². The molecule has 2 N–H and O–H groups in total. The summed E-state index contributed by atoms with van der Waals surface area (Å²) in [6.45, 7) is 1.38. The average molecular weight is 251 g/mol. The number of fused-ring (bicyclic) bond motifs is 1. The number of unbranched alkanes of at least 4 members (excludes halogenated alkanes) is 1. The number of aromatic nitrogens is 1. The van der Waals surface area contributed by atoms with Crippen LogP contribution in [0.5, 0.6) is 0 Å². The van der Waals surface area contributed by atoms with Gasteiger partial charge < -0.3 is 10.3 Å². The fourth-order valence-electron chi connectivity index (χ4n) is 1.86. The Morgan fingerprint density at radius 2 is 2.06 bits per heavy atom. The predicted molar refractivity (Wildman–Crippen MR) is 71.5 cm³/mol. The summed E-state index contributed by atoms with van der Waals surface area (Å²) in [7, 11) is 0. The van der Waals surface area contributed by atoms with Gasteiger partial charge in [-0.2, -0.15) is 0 Å². The fourth-order valence-corrected chi connectivity index (χ4v) is 2.04. The minimum absolute atomic E-state index is 0.0381. The van der Waals surface area contributed by atoms with Gasteiger partial charge in [-0.15, -0.1) is 0 Å². The molecule has 0 fully saturated rings. The molecule has 90 valence electrons. The topological polar surface area (TPSA) is 48.0 Å². The minimum atomic E-state index is 0.0381. The van der Waals surface area contributed by atoms with Crippen LogP contribution >= 0.6 is 11.6 Å². The second-order valence-electron chi connectivity index (χ2n) is 4.04. The average Bonchev–Trinajstić information content (AvgIpc) is 2.32. The second kappa shape index (κ2) is 5.34. The third-order valence-electron chi connectivity index (χ3n) is 2.79. The van der Waals surface area contributed by atoms with Gasteiger partial charge in [-0.3, -0.25) is 4.79 Å². The summed E-state index contributed by atoms with van der Waals surface area (Å²) in [6.07, 6.45) is 3.68. The van der Waals surface area contributed by atoms with Crippen LogP contribution in [0.4, 0.5) is 0 Å². The molecule has 1 aromatic heterocycles. The van der Waals surface area contributed by atoms with Gasteiger partial charge in [0.05, 0.1) is 0 Å². The van der Waals surface area contributed by atoms with Crippen LogP contribution in [-0.4, -0.2) is 11.1 Å². The lowest BCUT2D eigenvalue weighted by Crippen LogP contribution is -2.19. The molecule has 0 aliphatic heterocycles. The van der Waals surface area contributed by atoms with E-state index < -0.39 is 0 Å². The number of hydrogen-bond donors (Lipinski definition) is 1. The van der Waals surface area contributed by atoms with Gasteiger partial charge in [-0.1, -0.05) is 11.6 Å². The number of benzene rings is 1. The molecule has 1 aromatic carbocycles. The Hall–Kier alpha value is -1.32. The quantitative estimate of drug-likeness (QED) is 0.847. The van der Waals surface area contributed by atoms with Crippen molar-refractivity contribution in [2.75, 3.05) is 6.54 Å². The molecule has 0 saturated carbocycles. The van der Waals surface area contributed by atoms with E-state index in [-0.39, 0.29) is 5.56 Å². The number of pyridine rings is 1. The Labute approximate surface area is 105 Å². The summed E-state index contributed by atoms with van der Waals surface area (Å²) in [5.74, 6) is 0. The Bertz CT molecular complexity index is 577. The van der Waals surface area contributed by atoms with Crippen molar-refractivity contribution in [3.05, 3.63) is 45.8 Å². The Kier molecular flexibility index (Phi) is 3.82. The van der Waals surface area contributed by atoms with E-state index in [2.05, 4.69) is 0 Å². The number of nitrogens with two attached hydrogens (primary N) is 1. The molecule has 0 amide bonds. The fraction of sp³-hybridized carbons (Fsp3) is 0.308. The van der Waals surface area contributed by atoms with Gasteiger partial charge in [-0.25, -0.2) is 0 Å². The van der Waals surface area contributed by atoms with Crippen LogP contribution in [-0.2, 0) is 6.54 Å². The second-order valence-corrected chi connectivity index (χ2v) is 4.48. The van der Waals surface area contributed by atoms with Crippen molar-refractivity contribution < 1.29 is 0 Å². The summed E-state index contributed by atoms with van der Waals surface area (Å²) < 4.78 is 1.73. The summed E-state index contributed by atoms with van der Waals surface area (Å²) in [4.78, 5) is 12.1. The van der Waals surface area contributed by atoms with Crippen molar-refractivity contribution in [3.8, 4) is 0 Å². The van der Waals surface area contributed by atoms with Crippen LogP contribution < -0.4 is 11.3 Å². The van der Waals surface area contributed by atoms with E-state index in [9.17, 15) is 4.79 Å². The molecular weight excluding hydrogens is 236 g/mol. The van der Waals surface area contributed by atoms with Crippen molar-refractivity contribution >= 4 is 22.4 Å². The van der Waals surface area contributed by atoms with E-state index in [1.165, 1.54) is 0 Å². The molecule has 0 spiro atoms. The van der Waals surface area contributed by atoms with E-state index in [4.69, 9.17) is 17.3 Å². The molecule has 1 heterocycles. The molecule has 0 atom stereocenters. The third-order valence-corrected chi connectivity index (χ3v) is 3.03. The van der Waals surface area contributed by atoms with E-state index in [0.717, 1.165) is 18.2 Å². The smallest absolute Gasteiger partial charge is 0.258 e. The van der Waals surface area contributed by atoms with Crippen LogP contribution in [0.1, 0.15) is 12.8 Å². The van der Waals surface area contributed by atoms with Crippen molar-refractivity contribution in [2.45, 2.75) is 19.4 Å². The zero-order valence-corrected chi connectivity index (χ0v) is 10.3. The first-order valence-electron chi connectivity index (χ1n) is 5.71. The number of halogens is 1. The van der Waals surface area contributed by atoms with Gasteiger partial charge in [0.25, 0.3) is 5.56 Å². The lowest BCUT2D eigenvalue weighted by Gasteiger charge is -2.06. The lowest BCUT2D eigenvalue weighted by atomic mass is 10.2. The van der Waals surface area contributed by atoms with Crippen molar-refractivity contribution in [3.63, 3.8) is 0 Å². The Morgan fingerprint density at radius 3 is 2.82 bits per heavy atom. The Morgan fingerprint density at radius 1 is 1.24 bits per heavy atom. The zero-order chi connectivity index (χ0) is 12.3. The standard InChI is InChI=1S/C13H15ClN2O/c14-11-3-4-12-10(9-11)5-8-16(13(12)17)7-2-1-6-15/h3-5,8-9H,1-2,6-7,15H2. The highest BCUT2D eigenvalue weighted by atomic mass is 35.5. The molecule has 0 unspecified atom stereocenters. The maximum atomic E-state index is 12.1. The maximum absolute atomic E-state index is 12.1. The molecule has 4 heteroatoms. The van der Waals surface area contributed by atoms with Gasteiger partial charge >= 0.3 is 0 Å². The lowest BCUT2D eigenvalue weighted by molar-refractivity contribution is 0.602. The first kappa shape index (κ1) is 12.1. The third kappa shape index (κ3) is 2.68. The van der Waals surface area contributed by atoms with Gasteiger partial charge in [0.2, 0.25) is 0 Å². The highest BCUT2D eigenvalue weighted by Gasteiger charge is 2.02. The van der Waals surface area contributed by atoms with E-state index >= 15 is 0 Å². The Balaban J connectivity index is 2.37. The summed E-state index contributed by atoms with van der Waals surface area (Å²) in [5.41, 5.74) is 5.47. The molecule has 2 aromatic rings. The zero-order valence-electron chi connectivity index (χ0n) is 9.53. The van der Waals surface area contributed by atoms with Crippen LogP contribution in [0.3, 0.4) is 0 Å². The highest BCUT2D eigenvalue weighted by Crippen LogP contribution is 2.16. The number of hydrogen-bond acceptors (Lipinski definition) is 2. The predicted octanol–water partition coefficient (Wildman–Crippen LogP) is 2.39. The van der Waals surface area contributed by atoms with Crippen LogP contribution in [0.2, 0.25) is 5.02 Å². The minimum Gasteiger partial charge on any atom is -0.330 e. The van der Waals surface area contributed by atoms with E-state index in [0.29, 0.717) is 23.5 Å². The summed E-state index contributed by atoms with van der Waals surface area (Å²) >= 11 is 5.89. The van der Waals surface area contributed by atoms with Crippen LogP contribution in [0.25, 0.3) is 10.8 Å². The largest absolute Gasteiger partial charge is 0.330 e. The SMILES string of the molecule is NCCCCn1ccc2cc(Cl)ccc2c1=O. The van der Waals surface area contributed by atoms with Gasteiger partial charge in [-0.05, 0) is 49.0 Å². The molecule has 0 aliphatic rings. The molecule has 0 aliphatic carbocycles. The molecular formula is C13H15ClN2O. The first-order chi connectivity index (χ1) is 8.22. The number of nitrogens with zero attached hydrogens (tertiary/aromatic N) is 1. The molecule has 0 bridgehead atoms. The van der Waals surface area contributed by atoms with Crippen LogP contribution in [0, 0.1) is 0 Å². The van der Waals surface area contributed by atoms with E-state index in [1.54, 1.807) is 16.7 Å². The molecule has 0 radical (unpaired) electrons. The summed E-state index contributed by atoms with van der Waals surface area (Å²) in [6, 6.07) is 7.25. The van der Waals surface area contributed by atoms with Gasteiger partial charge in [0, 0.05) is 23.2 Å². The maximum Gasteiger partial charge on any atom is 0.258 e. The van der Waals surface area contributed by atoms with Crippen molar-refractivity contribution in [1.29, 1.82) is 0 Å². The number of rotatable bonds is 4. The molecule has 0 saturated heterocycles. The van der Waals surface area contributed by atoms with Gasteiger partial charge in [0.1, 0.15) is 0 Å².